The third-order valence-electron chi connectivity index (χ3n) is 5.15. The standard InChI is InChI=1S/C23H23N3O4/c1-4-15-9-11-16(12-10-15)24-19(27)13-25-20-17-7-5-6-8-18(17)30-21(20)22(28)26(14(2)3)23(25)29/h5-12,14H,4,13H2,1-3H3,(H,24,27). The zero-order valence-corrected chi connectivity index (χ0v) is 17.1. The molecular weight excluding hydrogens is 382 g/mol. The molecule has 1 amide bonds. The van der Waals surface area contributed by atoms with Crippen LogP contribution >= 0.6 is 0 Å². The van der Waals surface area contributed by atoms with Gasteiger partial charge in [-0.1, -0.05) is 31.2 Å². The van der Waals surface area contributed by atoms with E-state index in [1.54, 1.807) is 38.1 Å². The van der Waals surface area contributed by atoms with Gasteiger partial charge in [-0.15, -0.1) is 0 Å². The van der Waals surface area contributed by atoms with Crippen molar-refractivity contribution in [3.8, 4) is 0 Å². The number of benzene rings is 2. The van der Waals surface area contributed by atoms with Gasteiger partial charge < -0.3 is 9.73 Å². The van der Waals surface area contributed by atoms with E-state index in [1.165, 1.54) is 10.1 Å². The molecule has 0 aliphatic heterocycles. The Balaban J connectivity index is 1.83. The minimum absolute atomic E-state index is 0.0737. The lowest BCUT2D eigenvalue weighted by molar-refractivity contribution is -0.116. The van der Waals surface area contributed by atoms with Crippen LogP contribution in [0.25, 0.3) is 22.1 Å². The summed E-state index contributed by atoms with van der Waals surface area (Å²) in [7, 11) is 0. The third kappa shape index (κ3) is 3.32. The van der Waals surface area contributed by atoms with E-state index in [0.29, 0.717) is 22.2 Å². The molecule has 0 bridgehead atoms. The fourth-order valence-corrected chi connectivity index (χ4v) is 3.64. The monoisotopic (exact) mass is 405 g/mol. The number of nitrogens with zero attached hydrogens (tertiary/aromatic N) is 2. The Morgan fingerprint density at radius 2 is 1.77 bits per heavy atom. The van der Waals surface area contributed by atoms with Crippen LogP contribution in [0.5, 0.6) is 0 Å². The second kappa shape index (κ2) is 7.67. The number of rotatable bonds is 5. The van der Waals surface area contributed by atoms with Crippen molar-refractivity contribution in [1.29, 1.82) is 0 Å². The number of para-hydroxylation sites is 1. The fraction of sp³-hybridized carbons (Fsp3) is 0.261. The van der Waals surface area contributed by atoms with Crippen LogP contribution in [0.4, 0.5) is 5.69 Å². The van der Waals surface area contributed by atoms with Crippen molar-refractivity contribution in [3.63, 3.8) is 0 Å². The van der Waals surface area contributed by atoms with E-state index >= 15 is 0 Å². The van der Waals surface area contributed by atoms with Gasteiger partial charge in [0.1, 0.15) is 17.6 Å². The first-order valence-electron chi connectivity index (χ1n) is 9.96. The highest BCUT2D eigenvalue weighted by atomic mass is 16.3. The van der Waals surface area contributed by atoms with Crippen molar-refractivity contribution in [3.05, 3.63) is 74.9 Å². The Morgan fingerprint density at radius 3 is 2.43 bits per heavy atom. The van der Waals surface area contributed by atoms with Crippen molar-refractivity contribution < 1.29 is 9.21 Å². The van der Waals surface area contributed by atoms with Crippen molar-refractivity contribution in [2.24, 2.45) is 0 Å². The van der Waals surface area contributed by atoms with Gasteiger partial charge in [0.25, 0.3) is 5.56 Å². The predicted octanol–water partition coefficient (Wildman–Crippen LogP) is 3.69. The molecule has 4 aromatic rings. The molecule has 2 aromatic heterocycles. The summed E-state index contributed by atoms with van der Waals surface area (Å²) in [6, 6.07) is 14.3. The van der Waals surface area contributed by atoms with Gasteiger partial charge in [-0.05, 0) is 50.1 Å². The van der Waals surface area contributed by atoms with Gasteiger partial charge in [0.2, 0.25) is 11.5 Å². The smallest absolute Gasteiger partial charge is 0.332 e. The number of nitrogens with one attached hydrogen (secondary N) is 1. The van der Waals surface area contributed by atoms with Crippen LogP contribution in [0.3, 0.4) is 0 Å². The number of anilines is 1. The van der Waals surface area contributed by atoms with E-state index in [0.717, 1.165) is 11.0 Å². The van der Waals surface area contributed by atoms with Gasteiger partial charge in [-0.3, -0.25) is 18.7 Å². The van der Waals surface area contributed by atoms with Crippen LogP contribution in [-0.4, -0.2) is 15.0 Å². The first-order valence-corrected chi connectivity index (χ1v) is 9.96. The molecule has 0 atom stereocenters. The highest BCUT2D eigenvalue weighted by molar-refractivity contribution is 6.03. The van der Waals surface area contributed by atoms with Gasteiger partial charge in [0.05, 0.1) is 0 Å². The summed E-state index contributed by atoms with van der Waals surface area (Å²) in [5.74, 6) is -0.359. The van der Waals surface area contributed by atoms with Crippen LogP contribution < -0.4 is 16.6 Å². The number of aryl methyl sites for hydroxylation is 1. The quantitative estimate of drug-likeness (QED) is 0.549. The first-order chi connectivity index (χ1) is 14.4. The molecule has 30 heavy (non-hydrogen) atoms. The molecule has 4 rings (SSSR count). The van der Waals surface area contributed by atoms with E-state index in [1.807, 2.05) is 24.3 Å². The summed E-state index contributed by atoms with van der Waals surface area (Å²) in [6.45, 7) is 5.32. The molecule has 0 unspecified atom stereocenters. The molecular formula is C23H23N3O4. The molecule has 154 valence electrons. The van der Waals surface area contributed by atoms with Crippen LogP contribution in [0, 0.1) is 0 Å². The van der Waals surface area contributed by atoms with Crippen molar-refractivity contribution >= 4 is 33.7 Å². The summed E-state index contributed by atoms with van der Waals surface area (Å²) in [5.41, 5.74) is 1.70. The summed E-state index contributed by atoms with van der Waals surface area (Å²) < 4.78 is 8.21. The molecule has 7 nitrogen and oxygen atoms in total. The second-order valence-corrected chi connectivity index (χ2v) is 7.51. The van der Waals surface area contributed by atoms with Crippen LogP contribution in [0.2, 0.25) is 0 Å². The van der Waals surface area contributed by atoms with E-state index in [9.17, 15) is 14.4 Å². The number of hydrogen-bond donors (Lipinski definition) is 1. The molecule has 1 N–H and O–H groups in total. The maximum atomic E-state index is 13.2. The summed E-state index contributed by atoms with van der Waals surface area (Å²) in [4.78, 5) is 38.8. The lowest BCUT2D eigenvalue weighted by Crippen LogP contribution is -2.42. The number of fused-ring (bicyclic) bond motifs is 3. The topological polar surface area (TPSA) is 86.2 Å². The lowest BCUT2D eigenvalue weighted by atomic mass is 10.1. The van der Waals surface area contributed by atoms with Crippen LogP contribution in [0.1, 0.15) is 32.4 Å². The Hall–Kier alpha value is -3.61. The molecule has 0 radical (unpaired) electrons. The van der Waals surface area contributed by atoms with Gasteiger partial charge >= 0.3 is 5.69 Å². The molecule has 0 spiro atoms. The highest BCUT2D eigenvalue weighted by Crippen LogP contribution is 2.25. The number of amides is 1. The van der Waals surface area contributed by atoms with E-state index < -0.39 is 11.2 Å². The predicted molar refractivity (Wildman–Crippen MR) is 117 cm³/mol. The van der Waals surface area contributed by atoms with Crippen molar-refractivity contribution in [2.45, 2.75) is 39.8 Å². The van der Waals surface area contributed by atoms with Gasteiger partial charge in [0, 0.05) is 17.1 Å². The van der Waals surface area contributed by atoms with Crippen LogP contribution in [0.15, 0.2) is 62.5 Å². The number of carbonyl (C=O) groups is 1. The number of hydrogen-bond acceptors (Lipinski definition) is 4. The Morgan fingerprint density at radius 1 is 1.07 bits per heavy atom. The second-order valence-electron chi connectivity index (χ2n) is 7.51. The zero-order valence-electron chi connectivity index (χ0n) is 17.1. The maximum Gasteiger partial charge on any atom is 0.332 e. The largest absolute Gasteiger partial charge is 0.449 e. The van der Waals surface area contributed by atoms with E-state index in [-0.39, 0.29) is 24.1 Å². The molecule has 0 aliphatic carbocycles. The number of furan rings is 1. The zero-order chi connectivity index (χ0) is 21.4. The molecule has 7 heteroatoms. The van der Waals surface area contributed by atoms with Crippen molar-refractivity contribution in [2.75, 3.05) is 5.32 Å². The molecule has 0 saturated carbocycles. The fourth-order valence-electron chi connectivity index (χ4n) is 3.64. The minimum atomic E-state index is -0.537. The highest BCUT2D eigenvalue weighted by Gasteiger charge is 2.22. The molecule has 2 aromatic carbocycles. The molecule has 0 fully saturated rings. The van der Waals surface area contributed by atoms with E-state index in [2.05, 4.69) is 12.2 Å². The maximum absolute atomic E-state index is 13.2. The van der Waals surface area contributed by atoms with Gasteiger partial charge in [-0.25, -0.2) is 4.79 Å². The average Bonchev–Trinajstić information content (AvgIpc) is 3.11. The van der Waals surface area contributed by atoms with Crippen LogP contribution in [-0.2, 0) is 17.8 Å². The summed E-state index contributed by atoms with van der Waals surface area (Å²) in [6.07, 6.45) is 0.909. The summed E-state index contributed by atoms with van der Waals surface area (Å²) >= 11 is 0. The normalized spacial score (nSPS) is 11.5. The van der Waals surface area contributed by atoms with Gasteiger partial charge in [0.15, 0.2) is 0 Å². The van der Waals surface area contributed by atoms with Gasteiger partial charge in [-0.2, -0.15) is 0 Å². The number of carbonyl (C=O) groups excluding carboxylic acids is 1. The Labute approximate surface area is 172 Å². The minimum Gasteiger partial charge on any atom is -0.449 e. The SMILES string of the molecule is CCc1ccc(NC(=O)Cn2c(=O)n(C(C)C)c(=O)c3oc4ccccc4c32)cc1. The number of aromatic nitrogens is 2. The molecule has 0 saturated heterocycles. The summed E-state index contributed by atoms with van der Waals surface area (Å²) in [5, 5.41) is 3.44. The lowest BCUT2D eigenvalue weighted by Gasteiger charge is -2.14. The first kappa shape index (κ1) is 19.7. The Kier molecular flexibility index (Phi) is 5.03. The average molecular weight is 405 g/mol. The Bertz CT molecular complexity index is 1360. The molecule has 0 aliphatic rings. The molecule has 2 heterocycles. The van der Waals surface area contributed by atoms with E-state index in [4.69, 9.17) is 4.42 Å². The third-order valence-corrected chi connectivity index (χ3v) is 5.15. The van der Waals surface area contributed by atoms with Crippen molar-refractivity contribution in [1.82, 2.24) is 9.13 Å².